The zero-order valence-corrected chi connectivity index (χ0v) is 10.4. The van der Waals surface area contributed by atoms with E-state index in [1.165, 1.54) is 25.1 Å². The summed E-state index contributed by atoms with van der Waals surface area (Å²) in [6.07, 6.45) is -0.881. The number of benzene rings is 1. The second-order valence-corrected chi connectivity index (χ2v) is 3.88. The minimum absolute atomic E-state index is 0.0140. The van der Waals surface area contributed by atoms with Crippen LogP contribution in [0.5, 0.6) is 5.75 Å². The van der Waals surface area contributed by atoms with E-state index in [1.54, 1.807) is 13.0 Å². The first kappa shape index (κ1) is 13.0. The maximum Gasteiger partial charge on any atom is 0.266 e. The molecule has 1 heterocycles. The molecule has 0 bridgehead atoms. The molecule has 0 spiro atoms. The number of nitrogens with one attached hydrogen (secondary N) is 1. The first-order valence-electron chi connectivity index (χ1n) is 5.59. The maximum absolute atomic E-state index is 13.4. The third kappa shape index (κ3) is 3.06. The number of hydrogen-bond donors (Lipinski definition) is 1. The smallest absolute Gasteiger partial charge is 0.266 e. The molecule has 0 saturated carbocycles. The number of aromatic nitrogens is 2. The van der Waals surface area contributed by atoms with Gasteiger partial charge in [0.15, 0.2) is 23.5 Å². The van der Waals surface area contributed by atoms with Crippen molar-refractivity contribution in [2.24, 2.45) is 0 Å². The van der Waals surface area contributed by atoms with Crippen LogP contribution in [-0.4, -0.2) is 22.3 Å². The quantitative estimate of drug-likeness (QED) is 0.913. The molecule has 1 aromatic carbocycles. The Hall–Kier alpha value is -2.44. The number of nitrogens with zero attached hydrogens (tertiary/aromatic N) is 2. The van der Waals surface area contributed by atoms with Gasteiger partial charge < -0.3 is 10.1 Å². The highest BCUT2D eigenvalue weighted by Crippen LogP contribution is 2.17. The molecule has 1 unspecified atom stereocenters. The van der Waals surface area contributed by atoms with Gasteiger partial charge in [-0.25, -0.2) is 9.02 Å². The monoisotopic (exact) mass is 265 g/mol. The zero-order valence-electron chi connectivity index (χ0n) is 10.4. The van der Waals surface area contributed by atoms with E-state index in [-0.39, 0.29) is 11.6 Å². The highest BCUT2D eigenvalue weighted by Gasteiger charge is 2.19. The molecular weight excluding hydrogens is 253 g/mol. The highest BCUT2D eigenvalue weighted by molar-refractivity contribution is 5.93. The summed E-state index contributed by atoms with van der Waals surface area (Å²) in [6, 6.07) is 5.86. The van der Waals surface area contributed by atoms with Gasteiger partial charge in [-0.15, -0.1) is 0 Å². The Labute approximate surface area is 108 Å². The Morgan fingerprint density at radius 2 is 2.16 bits per heavy atom. The summed E-state index contributed by atoms with van der Waals surface area (Å²) in [5, 5.41) is 9.52. The number of hydrogen-bond acceptors (Lipinski definition) is 5. The van der Waals surface area contributed by atoms with Crippen LogP contribution < -0.4 is 10.1 Å². The van der Waals surface area contributed by atoms with E-state index in [0.29, 0.717) is 5.69 Å². The van der Waals surface area contributed by atoms with Crippen molar-refractivity contribution < 1.29 is 18.6 Å². The number of rotatable bonds is 4. The van der Waals surface area contributed by atoms with E-state index in [1.807, 2.05) is 0 Å². The molecule has 1 atom stereocenters. The van der Waals surface area contributed by atoms with Gasteiger partial charge in [-0.3, -0.25) is 4.79 Å². The molecule has 0 saturated heterocycles. The van der Waals surface area contributed by atoms with Crippen LogP contribution in [0.15, 0.2) is 28.9 Å². The van der Waals surface area contributed by atoms with Crippen molar-refractivity contribution in [1.29, 1.82) is 0 Å². The summed E-state index contributed by atoms with van der Waals surface area (Å²) in [6.45, 7) is 3.14. The fourth-order valence-corrected chi connectivity index (χ4v) is 1.35. The molecule has 6 nitrogen and oxygen atoms in total. The number of para-hydroxylation sites is 1. The maximum atomic E-state index is 13.4. The van der Waals surface area contributed by atoms with E-state index in [0.717, 1.165) is 0 Å². The number of carbonyl (C=O) groups excluding carboxylic acids is 1. The minimum atomic E-state index is -0.881. The molecule has 0 aliphatic carbocycles. The van der Waals surface area contributed by atoms with Gasteiger partial charge in [-0.1, -0.05) is 17.3 Å². The first-order valence-corrected chi connectivity index (χ1v) is 5.59. The lowest BCUT2D eigenvalue weighted by molar-refractivity contribution is -0.122. The average Bonchev–Trinajstić information content (AvgIpc) is 2.78. The Bertz CT molecular complexity index is 585. The average molecular weight is 265 g/mol. The molecule has 2 rings (SSSR count). The number of aryl methyl sites for hydroxylation is 1. The molecule has 1 amide bonds. The van der Waals surface area contributed by atoms with Crippen LogP contribution >= 0.6 is 0 Å². The lowest BCUT2D eigenvalue weighted by atomic mass is 10.3. The topological polar surface area (TPSA) is 77.3 Å². The predicted octanol–water partition coefficient (Wildman–Crippen LogP) is 1.92. The SMILES string of the molecule is Cc1nonc1NC(=O)C(C)Oc1ccccc1F. The van der Waals surface area contributed by atoms with Crippen molar-refractivity contribution in [2.75, 3.05) is 5.32 Å². The molecule has 0 fully saturated rings. The fourth-order valence-electron chi connectivity index (χ4n) is 1.35. The molecule has 1 aromatic heterocycles. The molecule has 19 heavy (non-hydrogen) atoms. The van der Waals surface area contributed by atoms with Crippen LogP contribution in [0.4, 0.5) is 10.2 Å². The summed E-state index contributed by atoms with van der Waals surface area (Å²) in [5.74, 6) is -0.766. The number of anilines is 1. The van der Waals surface area contributed by atoms with Crippen LogP contribution in [0.1, 0.15) is 12.6 Å². The first-order chi connectivity index (χ1) is 9.08. The van der Waals surface area contributed by atoms with Crippen molar-refractivity contribution in [3.63, 3.8) is 0 Å². The van der Waals surface area contributed by atoms with Gasteiger partial charge in [0.25, 0.3) is 5.91 Å². The molecule has 7 heteroatoms. The van der Waals surface area contributed by atoms with Crippen LogP contribution in [0.2, 0.25) is 0 Å². The number of halogens is 1. The van der Waals surface area contributed by atoms with Crippen LogP contribution in [0, 0.1) is 12.7 Å². The van der Waals surface area contributed by atoms with Crippen molar-refractivity contribution in [1.82, 2.24) is 10.3 Å². The van der Waals surface area contributed by atoms with E-state index in [4.69, 9.17) is 4.74 Å². The lowest BCUT2D eigenvalue weighted by Crippen LogP contribution is -2.30. The van der Waals surface area contributed by atoms with Gasteiger partial charge in [0, 0.05) is 0 Å². The number of carbonyl (C=O) groups is 1. The second-order valence-electron chi connectivity index (χ2n) is 3.88. The van der Waals surface area contributed by atoms with E-state index >= 15 is 0 Å². The van der Waals surface area contributed by atoms with Crippen molar-refractivity contribution in [3.05, 3.63) is 35.8 Å². The lowest BCUT2D eigenvalue weighted by Gasteiger charge is -2.14. The molecule has 0 radical (unpaired) electrons. The zero-order chi connectivity index (χ0) is 13.8. The summed E-state index contributed by atoms with van der Waals surface area (Å²) < 4.78 is 23.0. The number of amides is 1. The van der Waals surface area contributed by atoms with E-state index < -0.39 is 17.8 Å². The fraction of sp³-hybridized carbons (Fsp3) is 0.250. The van der Waals surface area contributed by atoms with Crippen molar-refractivity contribution >= 4 is 11.7 Å². The molecule has 1 N–H and O–H groups in total. The normalized spacial score (nSPS) is 11.9. The van der Waals surface area contributed by atoms with Gasteiger partial charge in [0.05, 0.1) is 0 Å². The Morgan fingerprint density at radius 3 is 2.79 bits per heavy atom. The van der Waals surface area contributed by atoms with E-state index in [9.17, 15) is 9.18 Å². The minimum Gasteiger partial charge on any atom is -0.478 e. The number of ether oxygens (including phenoxy) is 1. The van der Waals surface area contributed by atoms with Crippen molar-refractivity contribution in [2.45, 2.75) is 20.0 Å². The van der Waals surface area contributed by atoms with Crippen molar-refractivity contribution in [3.8, 4) is 5.75 Å². The third-order valence-electron chi connectivity index (χ3n) is 2.40. The predicted molar refractivity (Wildman–Crippen MR) is 64.2 cm³/mol. The van der Waals surface area contributed by atoms with Gasteiger partial charge >= 0.3 is 0 Å². The van der Waals surface area contributed by atoms with Crippen LogP contribution in [0.3, 0.4) is 0 Å². The van der Waals surface area contributed by atoms with Gasteiger partial charge in [-0.05, 0) is 31.1 Å². The Morgan fingerprint density at radius 1 is 1.42 bits per heavy atom. The Kier molecular flexibility index (Phi) is 3.74. The van der Waals surface area contributed by atoms with Crippen LogP contribution in [0.25, 0.3) is 0 Å². The molecule has 2 aromatic rings. The molecule has 0 aliphatic heterocycles. The molecule has 100 valence electrons. The van der Waals surface area contributed by atoms with E-state index in [2.05, 4.69) is 20.3 Å². The summed E-state index contributed by atoms with van der Waals surface area (Å²) in [5.41, 5.74) is 0.450. The van der Waals surface area contributed by atoms with Crippen LogP contribution in [-0.2, 0) is 4.79 Å². The summed E-state index contributed by atoms with van der Waals surface area (Å²) in [7, 11) is 0. The third-order valence-corrected chi connectivity index (χ3v) is 2.40. The largest absolute Gasteiger partial charge is 0.478 e. The highest BCUT2D eigenvalue weighted by atomic mass is 19.1. The van der Waals surface area contributed by atoms with Gasteiger partial charge in [-0.2, -0.15) is 0 Å². The molecular formula is C12H12FN3O3. The van der Waals surface area contributed by atoms with Gasteiger partial charge in [0.1, 0.15) is 5.69 Å². The second kappa shape index (κ2) is 5.47. The standard InChI is InChI=1S/C12H12FN3O3/c1-7-11(16-19-15-7)14-12(17)8(2)18-10-6-4-3-5-9(10)13/h3-6,8H,1-2H3,(H,14,16,17). The van der Waals surface area contributed by atoms with Gasteiger partial charge in [0.2, 0.25) is 0 Å². The summed E-state index contributed by atoms with van der Waals surface area (Å²) >= 11 is 0. The molecule has 0 aliphatic rings. The summed E-state index contributed by atoms with van der Waals surface area (Å²) in [4.78, 5) is 11.8. The Balaban J connectivity index is 2.00.